The molecule has 4 rings (SSSR count). The lowest BCUT2D eigenvalue weighted by Gasteiger charge is -2.36. The average molecular weight is 507 g/mol. The van der Waals surface area contributed by atoms with Crippen molar-refractivity contribution in [3.63, 3.8) is 0 Å². The number of rotatable bonds is 8. The number of dihydropyridines is 1. The van der Waals surface area contributed by atoms with Crippen molar-refractivity contribution in [3.05, 3.63) is 86.2 Å². The van der Waals surface area contributed by atoms with Gasteiger partial charge in [0.05, 0.1) is 31.3 Å². The molecule has 194 valence electrons. The zero-order valence-corrected chi connectivity index (χ0v) is 21.3. The van der Waals surface area contributed by atoms with Crippen LogP contribution in [0.25, 0.3) is 0 Å². The first-order valence-corrected chi connectivity index (χ1v) is 12.2. The highest BCUT2D eigenvalue weighted by atomic mass is 16.6. The fourth-order valence-corrected chi connectivity index (χ4v) is 5.05. The zero-order valence-electron chi connectivity index (χ0n) is 21.3. The van der Waals surface area contributed by atoms with Crippen LogP contribution in [0.5, 0.6) is 11.5 Å². The van der Waals surface area contributed by atoms with E-state index in [1.807, 2.05) is 25.1 Å². The molecule has 9 heteroatoms. The Morgan fingerprint density at radius 1 is 1.05 bits per heavy atom. The van der Waals surface area contributed by atoms with Crippen LogP contribution in [0.4, 0.5) is 5.69 Å². The van der Waals surface area contributed by atoms with Crippen molar-refractivity contribution in [2.24, 2.45) is 0 Å². The molecule has 2 atom stereocenters. The van der Waals surface area contributed by atoms with Crippen molar-refractivity contribution in [2.45, 2.75) is 44.9 Å². The van der Waals surface area contributed by atoms with E-state index in [1.165, 1.54) is 12.1 Å². The topological polar surface area (TPSA) is 117 Å². The Morgan fingerprint density at radius 3 is 2.35 bits per heavy atom. The van der Waals surface area contributed by atoms with E-state index < -0.39 is 16.8 Å². The minimum absolute atomic E-state index is 0.0637. The highest BCUT2D eigenvalue weighted by Gasteiger charge is 2.41. The lowest BCUT2D eigenvalue weighted by molar-refractivity contribution is -0.384. The number of nitro benzene ring substituents is 1. The molecule has 0 unspecified atom stereocenters. The first-order valence-electron chi connectivity index (χ1n) is 12.2. The second kappa shape index (κ2) is 10.9. The molecule has 1 heterocycles. The number of hydrogen-bond acceptors (Lipinski definition) is 8. The summed E-state index contributed by atoms with van der Waals surface area (Å²) in [5.41, 5.74) is 3.69. The predicted molar refractivity (Wildman–Crippen MR) is 136 cm³/mol. The third kappa shape index (κ3) is 5.07. The van der Waals surface area contributed by atoms with E-state index in [1.54, 1.807) is 33.3 Å². The smallest absolute Gasteiger partial charge is 0.336 e. The van der Waals surface area contributed by atoms with Crippen LogP contribution in [0.15, 0.2) is 65.0 Å². The first-order chi connectivity index (χ1) is 17.8. The number of Topliss-reactive ketones (excluding diaryl/α,β-unsaturated/α-hetero) is 1. The SMILES string of the molecule is CCCOC(=O)C1=C(C)NC2=C(C(=O)C[C@@H](c3ccc(OC)c(OC)c3)C2)[C@@H]1c1ccc([N+](=O)[O-])cc1. The number of non-ortho nitro benzene ring substituents is 1. The van der Waals surface area contributed by atoms with Crippen LogP contribution in [0.3, 0.4) is 0 Å². The largest absolute Gasteiger partial charge is 0.493 e. The van der Waals surface area contributed by atoms with E-state index in [9.17, 15) is 19.7 Å². The van der Waals surface area contributed by atoms with Gasteiger partial charge in [-0.15, -0.1) is 0 Å². The summed E-state index contributed by atoms with van der Waals surface area (Å²) in [7, 11) is 3.14. The molecule has 1 aliphatic carbocycles. The molecule has 0 saturated heterocycles. The second-order valence-electron chi connectivity index (χ2n) is 9.12. The lowest BCUT2D eigenvalue weighted by atomic mass is 9.71. The molecule has 0 spiro atoms. The number of allylic oxidation sites excluding steroid dienone is 3. The first kappa shape index (κ1) is 25.9. The fraction of sp³-hybridized carbons (Fsp3) is 0.357. The van der Waals surface area contributed by atoms with E-state index in [0.29, 0.717) is 46.7 Å². The van der Waals surface area contributed by atoms with Crippen molar-refractivity contribution in [3.8, 4) is 11.5 Å². The molecular formula is C28H30N2O7. The molecule has 0 bridgehead atoms. The Kier molecular flexibility index (Phi) is 7.61. The fourth-order valence-electron chi connectivity index (χ4n) is 5.05. The summed E-state index contributed by atoms with van der Waals surface area (Å²) in [4.78, 5) is 37.6. The number of carbonyl (C=O) groups is 2. The summed E-state index contributed by atoms with van der Waals surface area (Å²) in [6.07, 6.45) is 1.46. The number of benzene rings is 2. The van der Waals surface area contributed by atoms with Crippen molar-refractivity contribution in [1.29, 1.82) is 0 Å². The molecule has 9 nitrogen and oxygen atoms in total. The van der Waals surface area contributed by atoms with Gasteiger partial charge < -0.3 is 19.5 Å². The number of nitrogens with one attached hydrogen (secondary N) is 1. The van der Waals surface area contributed by atoms with Crippen LogP contribution in [0.1, 0.15) is 56.1 Å². The summed E-state index contributed by atoms with van der Waals surface area (Å²) in [6.45, 7) is 3.94. The zero-order chi connectivity index (χ0) is 26.7. The Bertz CT molecular complexity index is 1290. The van der Waals surface area contributed by atoms with Crippen LogP contribution < -0.4 is 14.8 Å². The van der Waals surface area contributed by atoms with E-state index in [0.717, 1.165) is 11.3 Å². The Labute approximate surface area is 215 Å². The number of ether oxygens (including phenoxy) is 3. The molecule has 0 radical (unpaired) electrons. The number of hydrogen-bond donors (Lipinski definition) is 1. The van der Waals surface area contributed by atoms with Gasteiger partial charge in [-0.2, -0.15) is 0 Å². The third-order valence-corrected chi connectivity index (χ3v) is 6.80. The summed E-state index contributed by atoms with van der Waals surface area (Å²) >= 11 is 0. The average Bonchev–Trinajstić information content (AvgIpc) is 2.90. The normalized spacial score (nSPS) is 19.2. The van der Waals surface area contributed by atoms with Gasteiger partial charge in [-0.25, -0.2) is 4.79 Å². The van der Waals surface area contributed by atoms with Gasteiger partial charge in [-0.1, -0.05) is 25.1 Å². The minimum atomic E-state index is -0.680. The minimum Gasteiger partial charge on any atom is -0.493 e. The number of esters is 1. The van der Waals surface area contributed by atoms with Gasteiger partial charge in [0.2, 0.25) is 0 Å². The maximum atomic E-state index is 13.7. The van der Waals surface area contributed by atoms with Crippen LogP contribution in [0.2, 0.25) is 0 Å². The number of nitrogens with zero attached hydrogens (tertiary/aromatic N) is 1. The maximum Gasteiger partial charge on any atom is 0.336 e. The quantitative estimate of drug-likeness (QED) is 0.304. The van der Waals surface area contributed by atoms with Crippen molar-refractivity contribution < 1.29 is 28.7 Å². The molecule has 0 saturated carbocycles. The van der Waals surface area contributed by atoms with Gasteiger partial charge in [0.25, 0.3) is 5.69 Å². The highest BCUT2D eigenvalue weighted by molar-refractivity contribution is 6.04. The number of nitro groups is 1. The van der Waals surface area contributed by atoms with E-state index in [2.05, 4.69) is 5.32 Å². The van der Waals surface area contributed by atoms with Crippen molar-refractivity contribution in [1.82, 2.24) is 5.32 Å². The molecule has 0 amide bonds. The Morgan fingerprint density at radius 2 is 1.73 bits per heavy atom. The van der Waals surface area contributed by atoms with Crippen LogP contribution in [-0.4, -0.2) is 37.5 Å². The number of methoxy groups -OCH3 is 2. The standard InChI is InChI=1S/C28H30N2O7/c1-5-12-37-28(32)25-16(2)29-21-13-19(18-8-11-23(35-3)24(15-18)36-4)14-22(31)27(21)26(25)17-6-9-20(10-7-17)30(33)34/h6-11,15,19,26,29H,5,12-14H2,1-4H3/t19-,26+/m0/s1. The lowest BCUT2D eigenvalue weighted by Crippen LogP contribution is -2.36. The van der Waals surface area contributed by atoms with E-state index >= 15 is 0 Å². The van der Waals surface area contributed by atoms with Crippen LogP contribution >= 0.6 is 0 Å². The summed E-state index contributed by atoms with van der Waals surface area (Å²) < 4.78 is 16.3. The van der Waals surface area contributed by atoms with Crippen LogP contribution in [-0.2, 0) is 14.3 Å². The molecule has 2 aromatic carbocycles. The molecule has 2 aromatic rings. The van der Waals surface area contributed by atoms with Gasteiger partial charge in [0.1, 0.15) is 0 Å². The second-order valence-corrected chi connectivity index (χ2v) is 9.12. The summed E-state index contributed by atoms with van der Waals surface area (Å²) in [6, 6.07) is 11.6. The molecule has 1 aliphatic heterocycles. The molecule has 0 aromatic heterocycles. The van der Waals surface area contributed by atoms with Crippen molar-refractivity contribution >= 4 is 17.4 Å². The molecular weight excluding hydrogens is 476 g/mol. The van der Waals surface area contributed by atoms with Gasteiger partial charge in [-0.3, -0.25) is 14.9 Å². The van der Waals surface area contributed by atoms with Gasteiger partial charge in [0.15, 0.2) is 17.3 Å². The summed E-state index contributed by atoms with van der Waals surface area (Å²) in [5, 5.41) is 14.5. The Balaban J connectivity index is 1.76. The van der Waals surface area contributed by atoms with Gasteiger partial charge in [0, 0.05) is 41.4 Å². The Hall–Kier alpha value is -4.14. The molecule has 0 fully saturated rings. The number of carbonyl (C=O) groups excluding carboxylic acids is 2. The number of ketones is 1. The van der Waals surface area contributed by atoms with Crippen LogP contribution in [0, 0.1) is 10.1 Å². The van der Waals surface area contributed by atoms with Gasteiger partial charge >= 0.3 is 5.97 Å². The monoisotopic (exact) mass is 506 g/mol. The van der Waals surface area contributed by atoms with Gasteiger partial charge in [-0.05, 0) is 48.9 Å². The maximum absolute atomic E-state index is 13.7. The van der Waals surface area contributed by atoms with Crippen molar-refractivity contribution in [2.75, 3.05) is 20.8 Å². The predicted octanol–water partition coefficient (Wildman–Crippen LogP) is 4.93. The van der Waals surface area contributed by atoms with E-state index in [-0.39, 0.29) is 30.4 Å². The van der Waals surface area contributed by atoms with E-state index in [4.69, 9.17) is 14.2 Å². The molecule has 37 heavy (non-hydrogen) atoms. The third-order valence-electron chi connectivity index (χ3n) is 6.80. The highest BCUT2D eigenvalue weighted by Crippen LogP contribution is 2.46. The molecule has 1 N–H and O–H groups in total. The molecule has 2 aliphatic rings. The summed E-state index contributed by atoms with van der Waals surface area (Å²) in [5.74, 6) is -0.180.